The zero-order chi connectivity index (χ0) is 15.3. The zero-order valence-corrected chi connectivity index (χ0v) is 13.4. The highest BCUT2D eigenvalue weighted by atomic mass is 17.5. The standard InChI is InChI=1S/C15H30O5/c1-5-6-7-8-9-10-11-12-13-17-14(16)18-20-19-15(2,3)4/h5-13H2,1-4H3. The Hall–Kier alpha value is -0.810. The summed E-state index contributed by atoms with van der Waals surface area (Å²) in [5, 5.41) is 4.32. The Labute approximate surface area is 122 Å². The van der Waals surface area contributed by atoms with E-state index in [-0.39, 0.29) is 0 Å². The van der Waals surface area contributed by atoms with Crippen LogP contribution in [-0.2, 0) is 19.6 Å². The summed E-state index contributed by atoms with van der Waals surface area (Å²) in [4.78, 5) is 20.2. The molecular weight excluding hydrogens is 260 g/mol. The van der Waals surface area contributed by atoms with Gasteiger partial charge in [0.05, 0.1) is 12.2 Å². The van der Waals surface area contributed by atoms with E-state index in [1.807, 2.05) is 0 Å². The highest BCUT2D eigenvalue weighted by Gasteiger charge is 2.14. The first-order valence-electron chi connectivity index (χ1n) is 7.65. The quantitative estimate of drug-likeness (QED) is 0.233. The second-order valence-electron chi connectivity index (χ2n) is 5.92. The molecule has 0 fully saturated rings. The van der Waals surface area contributed by atoms with E-state index < -0.39 is 11.8 Å². The maximum absolute atomic E-state index is 11.1. The molecule has 0 aromatic carbocycles. The third kappa shape index (κ3) is 15.2. The van der Waals surface area contributed by atoms with E-state index in [9.17, 15) is 4.79 Å². The second-order valence-corrected chi connectivity index (χ2v) is 5.92. The van der Waals surface area contributed by atoms with Gasteiger partial charge in [0.1, 0.15) is 0 Å². The van der Waals surface area contributed by atoms with Gasteiger partial charge in [-0.05, 0) is 32.2 Å². The first-order valence-corrected chi connectivity index (χ1v) is 7.65. The van der Waals surface area contributed by atoms with Crippen LogP contribution in [0.3, 0.4) is 0 Å². The SMILES string of the molecule is CCCCCCCCCCOC(=O)OOOC(C)(C)C. The number of unbranched alkanes of at least 4 members (excludes halogenated alkanes) is 7. The molecule has 0 spiro atoms. The molecule has 0 aliphatic carbocycles. The van der Waals surface area contributed by atoms with Crippen LogP contribution in [0.1, 0.15) is 79.1 Å². The summed E-state index contributed by atoms with van der Waals surface area (Å²) in [5.74, 6) is 0. The van der Waals surface area contributed by atoms with Gasteiger partial charge in [-0.3, -0.25) is 0 Å². The van der Waals surface area contributed by atoms with Crippen molar-refractivity contribution in [1.29, 1.82) is 0 Å². The molecule has 0 saturated heterocycles. The van der Waals surface area contributed by atoms with E-state index >= 15 is 0 Å². The zero-order valence-electron chi connectivity index (χ0n) is 13.4. The van der Waals surface area contributed by atoms with Crippen LogP contribution in [0.2, 0.25) is 0 Å². The Morgan fingerprint density at radius 2 is 1.45 bits per heavy atom. The predicted octanol–water partition coefficient (Wildman–Crippen LogP) is 4.94. The molecule has 0 aromatic heterocycles. The van der Waals surface area contributed by atoms with Crippen molar-refractivity contribution in [3.05, 3.63) is 0 Å². The molecule has 0 aliphatic heterocycles. The minimum absolute atomic E-state index is 0.354. The van der Waals surface area contributed by atoms with Crippen molar-refractivity contribution in [3.63, 3.8) is 0 Å². The summed E-state index contributed by atoms with van der Waals surface area (Å²) >= 11 is 0. The Bertz CT molecular complexity index is 235. The largest absolute Gasteiger partial charge is 0.542 e. The molecule has 5 heteroatoms. The molecule has 0 aliphatic rings. The van der Waals surface area contributed by atoms with Crippen molar-refractivity contribution in [3.8, 4) is 0 Å². The van der Waals surface area contributed by atoms with Gasteiger partial charge in [0.15, 0.2) is 0 Å². The number of ether oxygens (including phenoxy) is 1. The molecule has 5 nitrogen and oxygen atoms in total. The average molecular weight is 290 g/mol. The molecule has 0 saturated carbocycles. The van der Waals surface area contributed by atoms with E-state index in [1.165, 1.54) is 38.5 Å². The Balaban J connectivity index is 3.23. The molecule has 0 amide bonds. The Morgan fingerprint density at radius 1 is 0.900 bits per heavy atom. The summed E-state index contributed by atoms with van der Waals surface area (Å²) in [7, 11) is 0. The molecule has 0 bridgehead atoms. The van der Waals surface area contributed by atoms with Crippen LogP contribution in [0.4, 0.5) is 4.79 Å². The highest BCUT2D eigenvalue weighted by Crippen LogP contribution is 2.09. The minimum Gasteiger partial charge on any atom is -0.432 e. The van der Waals surface area contributed by atoms with Crippen LogP contribution < -0.4 is 0 Å². The maximum Gasteiger partial charge on any atom is 0.542 e. The molecule has 0 rings (SSSR count). The number of hydrogen-bond acceptors (Lipinski definition) is 5. The summed E-state index contributed by atoms with van der Waals surface area (Å²) in [6.45, 7) is 7.91. The topological polar surface area (TPSA) is 54.0 Å². The van der Waals surface area contributed by atoms with Crippen LogP contribution in [0, 0.1) is 0 Å². The van der Waals surface area contributed by atoms with E-state index in [0.29, 0.717) is 6.61 Å². The summed E-state index contributed by atoms with van der Waals surface area (Å²) < 4.78 is 4.84. The van der Waals surface area contributed by atoms with E-state index in [0.717, 1.165) is 12.8 Å². The van der Waals surface area contributed by atoms with Crippen LogP contribution in [-0.4, -0.2) is 18.4 Å². The Morgan fingerprint density at radius 3 is 2.00 bits per heavy atom. The number of carbonyl (C=O) groups excluding carboxylic acids is 1. The van der Waals surface area contributed by atoms with Crippen LogP contribution >= 0.6 is 0 Å². The fourth-order valence-corrected chi connectivity index (χ4v) is 1.56. The van der Waals surface area contributed by atoms with Crippen molar-refractivity contribution >= 4 is 6.16 Å². The number of hydrogen-bond donors (Lipinski definition) is 0. The van der Waals surface area contributed by atoms with E-state index in [4.69, 9.17) is 9.62 Å². The monoisotopic (exact) mass is 290 g/mol. The number of carbonyl (C=O) groups is 1. The van der Waals surface area contributed by atoms with Gasteiger partial charge in [0.25, 0.3) is 0 Å². The maximum atomic E-state index is 11.1. The van der Waals surface area contributed by atoms with E-state index in [2.05, 4.69) is 16.8 Å². The fourth-order valence-electron chi connectivity index (χ4n) is 1.56. The third-order valence-corrected chi connectivity index (χ3v) is 2.60. The summed E-state index contributed by atoms with van der Waals surface area (Å²) in [6, 6.07) is 0. The van der Waals surface area contributed by atoms with Gasteiger partial charge >= 0.3 is 6.16 Å². The fraction of sp³-hybridized carbons (Fsp3) is 0.933. The van der Waals surface area contributed by atoms with Gasteiger partial charge in [-0.15, -0.1) is 0 Å². The van der Waals surface area contributed by atoms with Gasteiger partial charge in [-0.2, -0.15) is 4.89 Å². The molecule has 20 heavy (non-hydrogen) atoms. The first kappa shape index (κ1) is 19.2. The van der Waals surface area contributed by atoms with Crippen LogP contribution in [0.25, 0.3) is 0 Å². The minimum atomic E-state index is -0.864. The van der Waals surface area contributed by atoms with Gasteiger partial charge < -0.3 is 4.74 Å². The molecule has 0 heterocycles. The van der Waals surface area contributed by atoms with Gasteiger partial charge in [0, 0.05) is 0 Å². The normalized spacial score (nSPS) is 11.4. The first-order chi connectivity index (χ1) is 9.45. The van der Waals surface area contributed by atoms with Gasteiger partial charge in [-0.1, -0.05) is 51.9 Å². The predicted molar refractivity (Wildman–Crippen MR) is 77.0 cm³/mol. The van der Waals surface area contributed by atoms with Crippen LogP contribution in [0.5, 0.6) is 0 Å². The van der Waals surface area contributed by atoms with Crippen molar-refractivity contribution in [2.45, 2.75) is 84.7 Å². The van der Waals surface area contributed by atoms with Crippen molar-refractivity contribution in [2.75, 3.05) is 6.61 Å². The molecule has 0 radical (unpaired) electrons. The molecule has 0 unspecified atom stereocenters. The van der Waals surface area contributed by atoms with E-state index in [1.54, 1.807) is 20.8 Å². The second kappa shape index (κ2) is 12.0. The third-order valence-electron chi connectivity index (χ3n) is 2.60. The van der Waals surface area contributed by atoms with Crippen LogP contribution in [0.15, 0.2) is 0 Å². The molecule has 0 N–H and O–H groups in total. The lowest BCUT2D eigenvalue weighted by Gasteiger charge is -2.15. The van der Waals surface area contributed by atoms with Crippen molar-refractivity contribution in [1.82, 2.24) is 0 Å². The molecule has 120 valence electrons. The van der Waals surface area contributed by atoms with Crippen molar-refractivity contribution < 1.29 is 24.3 Å². The average Bonchev–Trinajstić information content (AvgIpc) is 2.35. The lowest BCUT2D eigenvalue weighted by atomic mass is 10.1. The Kier molecular flexibility index (Phi) is 11.5. The lowest BCUT2D eigenvalue weighted by Crippen LogP contribution is -2.21. The highest BCUT2D eigenvalue weighted by molar-refractivity contribution is 5.58. The lowest BCUT2D eigenvalue weighted by molar-refractivity contribution is -0.514. The summed E-state index contributed by atoms with van der Waals surface area (Å²) in [5.41, 5.74) is -0.530. The molecule has 0 aromatic rings. The van der Waals surface area contributed by atoms with Gasteiger partial charge in [0.2, 0.25) is 0 Å². The molecule has 0 atom stereocenters. The smallest absolute Gasteiger partial charge is 0.432 e. The summed E-state index contributed by atoms with van der Waals surface area (Å²) in [6.07, 6.45) is 8.72. The molecular formula is C15H30O5. The number of rotatable bonds is 11. The van der Waals surface area contributed by atoms with Crippen molar-refractivity contribution in [2.24, 2.45) is 0 Å². The van der Waals surface area contributed by atoms with Gasteiger partial charge in [-0.25, -0.2) is 9.68 Å².